The Kier molecular flexibility index (Phi) is 4.78. The average Bonchev–Trinajstić information content (AvgIpc) is 3.20. The number of nitrogens with zero attached hydrogens (tertiary/aromatic N) is 1. The van der Waals surface area contributed by atoms with Crippen molar-refractivity contribution in [3.8, 4) is 0 Å². The summed E-state index contributed by atoms with van der Waals surface area (Å²) in [6, 6.07) is 3.80. The van der Waals surface area contributed by atoms with Crippen molar-refractivity contribution in [2.45, 2.75) is 57.8 Å². The summed E-state index contributed by atoms with van der Waals surface area (Å²) in [5.74, 6) is 1.03. The maximum absolute atomic E-state index is 12.8. The normalized spacial score (nSPS) is 25.5. The van der Waals surface area contributed by atoms with Gasteiger partial charge in [0.05, 0.1) is 6.10 Å². The van der Waals surface area contributed by atoms with Crippen molar-refractivity contribution in [2.75, 3.05) is 20.8 Å². The van der Waals surface area contributed by atoms with Crippen molar-refractivity contribution in [2.24, 2.45) is 5.41 Å². The molecule has 2 aliphatic carbocycles. The van der Waals surface area contributed by atoms with Gasteiger partial charge in [0, 0.05) is 32.2 Å². The lowest BCUT2D eigenvalue weighted by Gasteiger charge is -2.56. The number of amides is 1. The Labute approximate surface area is 137 Å². The molecule has 3 rings (SSSR count). The minimum atomic E-state index is -0.0430. The molecule has 1 heterocycles. The third-order valence-corrected chi connectivity index (χ3v) is 5.59. The second-order valence-corrected chi connectivity index (χ2v) is 6.75. The fourth-order valence-electron chi connectivity index (χ4n) is 4.42. The van der Waals surface area contributed by atoms with Gasteiger partial charge in [-0.1, -0.05) is 12.8 Å². The fourth-order valence-corrected chi connectivity index (χ4v) is 4.42. The summed E-state index contributed by atoms with van der Waals surface area (Å²) in [7, 11) is 3.51. The molecular weight excluding hydrogens is 294 g/mol. The second kappa shape index (κ2) is 6.65. The molecule has 0 N–H and O–H groups in total. The third kappa shape index (κ3) is 2.81. The van der Waals surface area contributed by atoms with Gasteiger partial charge in [0.15, 0.2) is 5.76 Å². The second-order valence-electron chi connectivity index (χ2n) is 6.75. The van der Waals surface area contributed by atoms with Crippen LogP contribution in [-0.4, -0.2) is 43.7 Å². The molecule has 23 heavy (non-hydrogen) atoms. The van der Waals surface area contributed by atoms with Crippen LogP contribution >= 0.6 is 0 Å². The van der Waals surface area contributed by atoms with E-state index in [-0.39, 0.29) is 17.4 Å². The molecule has 0 unspecified atom stereocenters. The Balaban J connectivity index is 1.71. The van der Waals surface area contributed by atoms with E-state index in [0.717, 1.165) is 25.9 Å². The van der Waals surface area contributed by atoms with Gasteiger partial charge in [-0.05, 0) is 38.3 Å². The van der Waals surface area contributed by atoms with Crippen LogP contribution in [0.25, 0.3) is 0 Å². The van der Waals surface area contributed by atoms with Gasteiger partial charge < -0.3 is 18.8 Å². The van der Waals surface area contributed by atoms with Crippen molar-refractivity contribution in [1.82, 2.24) is 4.90 Å². The van der Waals surface area contributed by atoms with Crippen LogP contribution < -0.4 is 0 Å². The van der Waals surface area contributed by atoms with Crippen molar-refractivity contribution >= 4 is 5.91 Å². The molecule has 2 saturated carbocycles. The first kappa shape index (κ1) is 16.5. The highest BCUT2D eigenvalue weighted by Crippen LogP contribution is 2.56. The predicted molar refractivity (Wildman–Crippen MR) is 86.2 cm³/mol. The van der Waals surface area contributed by atoms with E-state index in [1.54, 1.807) is 19.2 Å². The summed E-state index contributed by atoms with van der Waals surface area (Å²) in [6.45, 7) is 3.18. The van der Waals surface area contributed by atoms with Gasteiger partial charge in [0.1, 0.15) is 12.4 Å². The molecule has 0 aliphatic heterocycles. The Morgan fingerprint density at radius 3 is 2.78 bits per heavy atom. The molecule has 2 aliphatic rings. The van der Waals surface area contributed by atoms with E-state index in [4.69, 9.17) is 13.9 Å². The molecule has 1 aromatic heterocycles. The van der Waals surface area contributed by atoms with E-state index in [0.29, 0.717) is 24.2 Å². The Bertz CT molecular complexity index is 547. The maximum Gasteiger partial charge on any atom is 0.289 e. The smallest absolute Gasteiger partial charge is 0.289 e. The van der Waals surface area contributed by atoms with Gasteiger partial charge in [-0.15, -0.1) is 0 Å². The summed E-state index contributed by atoms with van der Waals surface area (Å²) >= 11 is 0. The quantitative estimate of drug-likeness (QED) is 0.807. The summed E-state index contributed by atoms with van der Waals surface area (Å²) < 4.78 is 16.6. The summed E-state index contributed by atoms with van der Waals surface area (Å²) in [5.41, 5.74) is 0.155. The number of furan rings is 1. The third-order valence-electron chi connectivity index (χ3n) is 5.59. The van der Waals surface area contributed by atoms with Gasteiger partial charge in [-0.25, -0.2) is 0 Å². The number of methoxy groups -OCH3 is 1. The molecule has 2 fully saturated rings. The first-order valence-corrected chi connectivity index (χ1v) is 8.58. The molecule has 2 atom stereocenters. The van der Waals surface area contributed by atoms with Gasteiger partial charge >= 0.3 is 0 Å². The van der Waals surface area contributed by atoms with Crippen LogP contribution in [0.2, 0.25) is 0 Å². The number of ether oxygens (including phenoxy) is 2. The summed E-state index contributed by atoms with van der Waals surface area (Å²) in [6.07, 6.45) is 6.03. The zero-order valence-electron chi connectivity index (χ0n) is 14.3. The van der Waals surface area contributed by atoms with Crippen LogP contribution in [0.15, 0.2) is 16.5 Å². The lowest BCUT2D eigenvalue weighted by molar-refractivity contribution is -0.152. The highest BCUT2D eigenvalue weighted by atomic mass is 16.5. The largest absolute Gasteiger partial charge is 0.453 e. The topological polar surface area (TPSA) is 51.9 Å². The summed E-state index contributed by atoms with van der Waals surface area (Å²) in [5, 5.41) is 0. The lowest BCUT2D eigenvalue weighted by Crippen LogP contribution is -2.63. The number of hydrogen-bond donors (Lipinski definition) is 0. The van der Waals surface area contributed by atoms with Crippen molar-refractivity contribution in [3.05, 3.63) is 23.7 Å². The SMILES string of the molecule is CCO[C@H]1C[C@@H](N(C)C(=O)c2ccc(COC)o2)C12CCCC2. The average molecular weight is 321 g/mol. The molecule has 0 radical (unpaired) electrons. The van der Waals surface area contributed by atoms with Crippen LogP contribution in [0, 0.1) is 5.41 Å². The predicted octanol–water partition coefficient (Wildman–Crippen LogP) is 3.24. The first-order chi connectivity index (χ1) is 11.1. The molecule has 0 bridgehead atoms. The van der Waals surface area contributed by atoms with E-state index < -0.39 is 0 Å². The van der Waals surface area contributed by atoms with Gasteiger partial charge in [-0.2, -0.15) is 0 Å². The lowest BCUT2D eigenvalue weighted by atomic mass is 9.60. The molecule has 5 heteroatoms. The monoisotopic (exact) mass is 321 g/mol. The number of hydrogen-bond acceptors (Lipinski definition) is 4. The van der Waals surface area contributed by atoms with E-state index >= 15 is 0 Å². The first-order valence-electron chi connectivity index (χ1n) is 8.58. The molecular formula is C18H27NO4. The number of rotatable bonds is 6. The van der Waals surface area contributed by atoms with Crippen molar-refractivity contribution in [1.29, 1.82) is 0 Å². The molecule has 0 aromatic carbocycles. The molecule has 1 spiro atoms. The van der Waals surface area contributed by atoms with Crippen LogP contribution in [0.1, 0.15) is 55.3 Å². The van der Waals surface area contributed by atoms with E-state index in [2.05, 4.69) is 0 Å². The zero-order chi connectivity index (χ0) is 16.4. The number of carbonyl (C=O) groups excluding carboxylic acids is 1. The molecule has 5 nitrogen and oxygen atoms in total. The Hall–Kier alpha value is -1.33. The highest BCUT2D eigenvalue weighted by Gasteiger charge is 2.59. The maximum atomic E-state index is 12.8. The molecule has 128 valence electrons. The van der Waals surface area contributed by atoms with Crippen molar-refractivity contribution in [3.63, 3.8) is 0 Å². The van der Waals surface area contributed by atoms with Crippen LogP contribution in [-0.2, 0) is 16.1 Å². The van der Waals surface area contributed by atoms with Crippen LogP contribution in [0.3, 0.4) is 0 Å². The Morgan fingerprint density at radius 1 is 1.39 bits per heavy atom. The summed E-state index contributed by atoms with van der Waals surface area (Å²) in [4.78, 5) is 14.6. The molecule has 0 saturated heterocycles. The van der Waals surface area contributed by atoms with E-state index in [1.165, 1.54) is 12.8 Å². The Morgan fingerprint density at radius 2 is 2.13 bits per heavy atom. The number of carbonyl (C=O) groups is 1. The van der Waals surface area contributed by atoms with Gasteiger partial charge in [0.25, 0.3) is 5.91 Å². The standard InChI is InChI=1S/C18H27NO4/c1-4-22-16-11-15(18(16)9-5-6-10-18)19(2)17(20)14-8-7-13(23-14)12-21-3/h7-8,15-16H,4-6,9-12H2,1-3H3/t15-,16+/m1/s1. The van der Waals surface area contributed by atoms with Gasteiger partial charge in [-0.3, -0.25) is 4.79 Å². The van der Waals surface area contributed by atoms with Crippen molar-refractivity contribution < 1.29 is 18.7 Å². The highest BCUT2D eigenvalue weighted by molar-refractivity contribution is 5.91. The van der Waals surface area contributed by atoms with Gasteiger partial charge in [0.2, 0.25) is 0 Å². The molecule has 1 amide bonds. The van der Waals surface area contributed by atoms with E-state index in [9.17, 15) is 4.79 Å². The minimum Gasteiger partial charge on any atom is -0.453 e. The van der Waals surface area contributed by atoms with Crippen LogP contribution in [0.4, 0.5) is 0 Å². The zero-order valence-corrected chi connectivity index (χ0v) is 14.3. The molecule has 1 aromatic rings. The minimum absolute atomic E-state index is 0.0430. The van der Waals surface area contributed by atoms with E-state index in [1.807, 2.05) is 18.9 Å². The van der Waals surface area contributed by atoms with Crippen LogP contribution in [0.5, 0.6) is 0 Å². The fraction of sp³-hybridized carbons (Fsp3) is 0.722.